The molecule has 0 spiro atoms. The summed E-state index contributed by atoms with van der Waals surface area (Å²) < 4.78 is 0. The van der Waals surface area contributed by atoms with Gasteiger partial charge in [-0.25, -0.2) is 4.79 Å². The van der Waals surface area contributed by atoms with Crippen molar-refractivity contribution in [3.8, 4) is 0 Å². The molecule has 0 radical (unpaired) electrons. The van der Waals surface area contributed by atoms with Crippen molar-refractivity contribution in [1.82, 2.24) is 15.5 Å². The van der Waals surface area contributed by atoms with E-state index in [0.717, 1.165) is 11.1 Å². The van der Waals surface area contributed by atoms with Gasteiger partial charge in [0.1, 0.15) is 6.04 Å². The summed E-state index contributed by atoms with van der Waals surface area (Å²) in [6.07, 6.45) is 1.60. The highest BCUT2D eigenvalue weighted by Crippen LogP contribution is 2.30. The Balaban J connectivity index is 3.34. The molecule has 0 aliphatic rings. The van der Waals surface area contributed by atoms with Crippen LogP contribution in [-0.4, -0.2) is 60.0 Å². The zero-order valence-corrected chi connectivity index (χ0v) is 24.2. The van der Waals surface area contributed by atoms with Crippen LogP contribution in [0, 0.1) is 25.2 Å². The quantitative estimate of drug-likeness (QED) is 0.417. The molecule has 0 saturated heterocycles. The number of hydrogen-bond acceptors (Lipinski definition) is 4. The molecule has 7 nitrogen and oxygen atoms in total. The minimum atomic E-state index is -1.02. The number of amides is 2. The molecule has 0 unspecified atom stereocenters. The van der Waals surface area contributed by atoms with Gasteiger partial charge in [-0.05, 0) is 55.8 Å². The molecular weight excluding hydrogens is 454 g/mol. The molecule has 1 aromatic carbocycles. The largest absolute Gasteiger partial charge is 0.478 e. The average molecular weight is 502 g/mol. The number of carboxylic acids is 1. The zero-order chi connectivity index (χ0) is 28.2. The van der Waals surface area contributed by atoms with Gasteiger partial charge in [-0.15, -0.1) is 0 Å². The van der Waals surface area contributed by atoms with Gasteiger partial charge in [-0.3, -0.25) is 9.59 Å². The minimum Gasteiger partial charge on any atom is -0.478 e. The van der Waals surface area contributed by atoms with Crippen molar-refractivity contribution in [1.29, 1.82) is 0 Å². The van der Waals surface area contributed by atoms with E-state index in [9.17, 15) is 19.5 Å². The Morgan fingerprint density at radius 2 is 1.56 bits per heavy atom. The van der Waals surface area contributed by atoms with Gasteiger partial charge in [-0.2, -0.15) is 0 Å². The van der Waals surface area contributed by atoms with E-state index in [-0.39, 0.29) is 23.3 Å². The lowest BCUT2D eigenvalue weighted by Crippen LogP contribution is -2.61. The summed E-state index contributed by atoms with van der Waals surface area (Å²) in [5.41, 5.74) is 2.44. The molecule has 0 fully saturated rings. The van der Waals surface area contributed by atoms with Crippen LogP contribution >= 0.6 is 0 Å². The Morgan fingerprint density at radius 1 is 1.00 bits per heavy atom. The summed E-state index contributed by atoms with van der Waals surface area (Å²) in [4.78, 5) is 40.4. The maximum absolute atomic E-state index is 13.7. The number of carbonyl (C=O) groups excluding carboxylic acids is 2. The second-order valence-corrected chi connectivity index (χ2v) is 11.9. The summed E-state index contributed by atoms with van der Waals surface area (Å²) >= 11 is 0. The molecule has 0 saturated carbocycles. The van der Waals surface area contributed by atoms with Crippen LogP contribution in [0.5, 0.6) is 0 Å². The Labute approximate surface area is 217 Å². The monoisotopic (exact) mass is 501 g/mol. The number of nitrogens with zero attached hydrogens (tertiary/aromatic N) is 1. The summed E-state index contributed by atoms with van der Waals surface area (Å²) in [5, 5.41) is 15.5. The van der Waals surface area contributed by atoms with E-state index < -0.39 is 34.9 Å². The number of rotatable bonds is 10. The number of carboxylic acid groups (broad SMARTS) is 1. The van der Waals surface area contributed by atoms with Gasteiger partial charge in [0.2, 0.25) is 11.8 Å². The minimum absolute atomic E-state index is 0.0154. The normalized spacial score (nSPS) is 15.3. The molecule has 0 bridgehead atoms. The third-order valence-corrected chi connectivity index (χ3v) is 7.16. The molecule has 0 aromatic heterocycles. The molecule has 2 amide bonds. The maximum Gasteiger partial charge on any atom is 0.331 e. The molecule has 3 N–H and O–H groups in total. The lowest BCUT2D eigenvalue weighted by molar-refractivity contribution is -0.141. The number of aliphatic carboxylic acids is 1. The second-order valence-electron chi connectivity index (χ2n) is 11.9. The van der Waals surface area contributed by atoms with Crippen molar-refractivity contribution >= 4 is 17.8 Å². The fourth-order valence-corrected chi connectivity index (χ4v) is 4.43. The van der Waals surface area contributed by atoms with E-state index >= 15 is 0 Å². The number of carbonyl (C=O) groups is 3. The highest BCUT2D eigenvalue weighted by Gasteiger charge is 2.41. The van der Waals surface area contributed by atoms with E-state index in [0.29, 0.717) is 0 Å². The Kier molecular flexibility index (Phi) is 10.5. The topological polar surface area (TPSA) is 98.7 Å². The van der Waals surface area contributed by atoms with E-state index in [2.05, 4.69) is 36.6 Å². The predicted octanol–water partition coefficient (Wildman–Crippen LogP) is 4.21. The van der Waals surface area contributed by atoms with E-state index in [4.69, 9.17) is 0 Å². The van der Waals surface area contributed by atoms with Crippen molar-refractivity contribution in [2.24, 2.45) is 11.3 Å². The Morgan fingerprint density at radius 3 is 1.97 bits per heavy atom. The fraction of sp³-hybridized carbons (Fsp3) is 0.621. The lowest BCUT2D eigenvalue weighted by atomic mass is 9.76. The first-order chi connectivity index (χ1) is 16.4. The van der Waals surface area contributed by atoms with Crippen molar-refractivity contribution in [2.45, 2.75) is 92.8 Å². The molecule has 36 heavy (non-hydrogen) atoms. The average Bonchev–Trinajstić information content (AvgIpc) is 2.75. The number of likely N-dealkylation sites (N-methyl/N-ethyl adjacent to an activating group) is 2. The van der Waals surface area contributed by atoms with Gasteiger partial charge in [0.25, 0.3) is 0 Å². The Hall–Kier alpha value is -2.67. The first-order valence-corrected chi connectivity index (χ1v) is 12.6. The zero-order valence-electron chi connectivity index (χ0n) is 24.2. The molecule has 3 atom stereocenters. The van der Waals surface area contributed by atoms with Crippen LogP contribution in [0.1, 0.15) is 72.1 Å². The first kappa shape index (κ1) is 31.4. The highest BCUT2D eigenvalue weighted by atomic mass is 16.4. The van der Waals surface area contributed by atoms with Crippen LogP contribution < -0.4 is 10.6 Å². The number of benzene rings is 1. The van der Waals surface area contributed by atoms with E-state index in [1.807, 2.05) is 54.5 Å². The summed E-state index contributed by atoms with van der Waals surface area (Å²) in [7, 11) is 3.42. The molecule has 1 aromatic rings. The maximum atomic E-state index is 13.7. The predicted molar refractivity (Wildman–Crippen MR) is 146 cm³/mol. The van der Waals surface area contributed by atoms with Crippen molar-refractivity contribution in [3.63, 3.8) is 0 Å². The summed E-state index contributed by atoms with van der Waals surface area (Å²) in [5.74, 6) is -1.56. The van der Waals surface area contributed by atoms with E-state index in [1.54, 1.807) is 25.1 Å². The number of nitrogens with one attached hydrogen (secondary N) is 2. The van der Waals surface area contributed by atoms with Crippen LogP contribution in [0.2, 0.25) is 0 Å². The first-order valence-electron chi connectivity index (χ1n) is 12.6. The molecule has 202 valence electrons. The molecule has 0 heterocycles. The molecule has 0 aliphatic carbocycles. The van der Waals surface area contributed by atoms with Gasteiger partial charge in [0.05, 0.1) is 12.1 Å². The highest BCUT2D eigenvalue weighted by molar-refractivity contribution is 5.91. The SMILES string of the molecule is CN[C@@H](C(=O)N[C@H](C(=O)N(C)[C@H](C=C(C)C(=O)O)C(C)C)C(C)(C)C)C(C)(C)c1ccc(C)c(C)c1. The fourth-order valence-electron chi connectivity index (χ4n) is 4.43. The van der Waals surface area contributed by atoms with Crippen LogP contribution in [0.25, 0.3) is 0 Å². The lowest BCUT2D eigenvalue weighted by Gasteiger charge is -2.40. The van der Waals surface area contributed by atoms with Crippen LogP contribution in [0.3, 0.4) is 0 Å². The van der Waals surface area contributed by atoms with Crippen LogP contribution in [0.4, 0.5) is 0 Å². The van der Waals surface area contributed by atoms with Gasteiger partial charge in [0, 0.05) is 18.0 Å². The summed E-state index contributed by atoms with van der Waals surface area (Å²) in [6, 6.07) is 4.40. The molecule has 0 aliphatic heterocycles. The molecule has 1 rings (SSSR count). The number of aryl methyl sites for hydroxylation is 2. The standard InChI is InChI=1S/C29H47N3O4/c1-17(2)22(16-20(5)27(35)36)32(12)26(34)24(28(6,7)8)31-25(33)23(30-11)29(9,10)21-14-13-18(3)19(4)15-21/h13-17,22-24,30H,1-12H3,(H,31,33)(H,35,36)/t22-,23+,24-/m1/s1. The van der Waals surface area contributed by atoms with Gasteiger partial charge in [-0.1, -0.05) is 72.7 Å². The van der Waals surface area contributed by atoms with Crippen molar-refractivity contribution in [3.05, 3.63) is 46.5 Å². The van der Waals surface area contributed by atoms with Gasteiger partial charge >= 0.3 is 5.97 Å². The van der Waals surface area contributed by atoms with Gasteiger partial charge in [0.15, 0.2) is 0 Å². The van der Waals surface area contributed by atoms with Crippen molar-refractivity contribution in [2.75, 3.05) is 14.1 Å². The third kappa shape index (κ3) is 7.42. The smallest absolute Gasteiger partial charge is 0.331 e. The van der Waals surface area contributed by atoms with Crippen molar-refractivity contribution < 1.29 is 19.5 Å². The summed E-state index contributed by atoms with van der Waals surface area (Å²) in [6.45, 7) is 19.3. The Bertz CT molecular complexity index is 989. The molecule has 7 heteroatoms. The van der Waals surface area contributed by atoms with Crippen LogP contribution in [-0.2, 0) is 19.8 Å². The number of hydrogen-bond donors (Lipinski definition) is 3. The van der Waals surface area contributed by atoms with Crippen LogP contribution in [0.15, 0.2) is 29.8 Å². The molecular formula is C29H47N3O4. The second kappa shape index (κ2) is 12.0. The van der Waals surface area contributed by atoms with Gasteiger partial charge < -0.3 is 20.6 Å². The van der Waals surface area contributed by atoms with E-state index in [1.165, 1.54) is 12.5 Å². The third-order valence-electron chi connectivity index (χ3n) is 7.16.